The maximum Gasteiger partial charge on any atom is 0.320 e. The Hall–Kier alpha value is -2.19. The molecule has 2 aromatic rings. The molecule has 3 rings (SSSR count). The first-order chi connectivity index (χ1) is 12.8. The molecule has 0 aromatic carbocycles. The van der Waals surface area contributed by atoms with Crippen LogP contribution in [0.1, 0.15) is 12.6 Å². The zero-order valence-electron chi connectivity index (χ0n) is 14.2. The minimum atomic E-state index is -1.23. The van der Waals surface area contributed by atoms with Crippen LogP contribution in [0.2, 0.25) is 0 Å². The van der Waals surface area contributed by atoms with Crippen molar-refractivity contribution in [1.29, 1.82) is 5.41 Å². The van der Waals surface area contributed by atoms with E-state index in [9.17, 15) is 15.0 Å². The molecule has 1 fully saturated rings. The van der Waals surface area contributed by atoms with Gasteiger partial charge in [0.25, 0.3) is 0 Å². The summed E-state index contributed by atoms with van der Waals surface area (Å²) in [6, 6.07) is -0.935. The molecule has 148 valence electrons. The Morgan fingerprint density at radius 1 is 1.37 bits per heavy atom. The van der Waals surface area contributed by atoms with E-state index in [1.807, 2.05) is 0 Å². The minimum Gasteiger partial charge on any atom is -0.480 e. The number of hydrogen-bond donors (Lipinski definition) is 6. The van der Waals surface area contributed by atoms with Crippen molar-refractivity contribution >= 4 is 28.9 Å². The van der Waals surface area contributed by atoms with Crippen LogP contribution in [0.15, 0.2) is 12.7 Å². The average molecular weight is 399 g/mol. The van der Waals surface area contributed by atoms with Crippen molar-refractivity contribution < 1.29 is 24.9 Å². The Bertz CT molecular complexity index is 886. The Morgan fingerprint density at radius 2 is 2.11 bits per heavy atom. The van der Waals surface area contributed by atoms with E-state index < -0.39 is 36.6 Å². The fourth-order valence-electron chi connectivity index (χ4n) is 2.83. The number of ether oxygens (including phenoxy) is 1. The second-order valence-corrected chi connectivity index (χ2v) is 7.33. The van der Waals surface area contributed by atoms with Gasteiger partial charge in [-0.25, -0.2) is 14.6 Å². The summed E-state index contributed by atoms with van der Waals surface area (Å²) in [5, 5.41) is 37.2. The number of fused-ring (bicyclic) bond motifs is 1. The number of thioether (sulfide) groups is 1. The molecule has 0 amide bonds. The van der Waals surface area contributed by atoms with Gasteiger partial charge in [0.1, 0.15) is 24.6 Å². The summed E-state index contributed by atoms with van der Waals surface area (Å²) in [7, 11) is 0. The predicted molar refractivity (Wildman–Crippen MR) is 95.0 cm³/mol. The molecule has 5 atom stereocenters. The number of nitrogens with zero attached hydrogens (tertiary/aromatic N) is 4. The highest BCUT2D eigenvalue weighted by Crippen LogP contribution is 2.32. The lowest BCUT2D eigenvalue weighted by atomic mass is 10.1. The molecule has 13 heteroatoms. The first-order valence-corrected chi connectivity index (χ1v) is 9.28. The topological polar surface area (TPSA) is 199 Å². The van der Waals surface area contributed by atoms with E-state index in [0.717, 1.165) is 4.68 Å². The van der Waals surface area contributed by atoms with Gasteiger partial charge in [0.15, 0.2) is 22.9 Å². The van der Waals surface area contributed by atoms with Crippen LogP contribution in [0.5, 0.6) is 0 Å². The highest BCUT2D eigenvalue weighted by molar-refractivity contribution is 7.99. The fraction of sp³-hybridized carbons (Fsp3) is 0.571. The number of carbonyl (C=O) groups is 1. The highest BCUT2D eigenvalue weighted by atomic mass is 32.2. The van der Waals surface area contributed by atoms with Gasteiger partial charge < -0.3 is 31.6 Å². The van der Waals surface area contributed by atoms with Gasteiger partial charge in [-0.15, -0.1) is 0 Å². The monoisotopic (exact) mass is 399 g/mol. The molecular weight excluding hydrogens is 378 g/mol. The zero-order valence-corrected chi connectivity index (χ0v) is 15.0. The molecule has 0 bridgehead atoms. The summed E-state index contributed by atoms with van der Waals surface area (Å²) in [5.74, 6) is 5.61. The van der Waals surface area contributed by atoms with E-state index in [1.54, 1.807) is 0 Å². The smallest absolute Gasteiger partial charge is 0.320 e. The number of carboxylic acid groups (broad SMARTS) is 1. The van der Waals surface area contributed by atoms with Crippen LogP contribution >= 0.6 is 11.8 Å². The van der Waals surface area contributed by atoms with E-state index in [-0.39, 0.29) is 17.4 Å². The lowest BCUT2D eigenvalue weighted by Gasteiger charge is -2.17. The third kappa shape index (κ3) is 3.77. The largest absolute Gasteiger partial charge is 0.480 e. The van der Waals surface area contributed by atoms with E-state index in [2.05, 4.69) is 9.97 Å². The maximum atomic E-state index is 10.7. The van der Waals surface area contributed by atoms with Crippen LogP contribution in [0.25, 0.3) is 11.2 Å². The lowest BCUT2D eigenvalue weighted by molar-refractivity contribution is -0.138. The lowest BCUT2D eigenvalue weighted by Crippen LogP contribution is -2.33. The minimum absolute atomic E-state index is 0.0691. The Kier molecular flexibility index (Phi) is 5.67. The Morgan fingerprint density at radius 3 is 2.81 bits per heavy atom. The summed E-state index contributed by atoms with van der Waals surface area (Å²) in [4.78, 5) is 18.6. The summed E-state index contributed by atoms with van der Waals surface area (Å²) in [6.45, 7) is 0. The van der Waals surface area contributed by atoms with Crippen molar-refractivity contribution in [2.75, 3.05) is 17.3 Å². The van der Waals surface area contributed by atoms with Crippen molar-refractivity contribution in [3.8, 4) is 0 Å². The van der Waals surface area contributed by atoms with Crippen molar-refractivity contribution in [2.24, 2.45) is 5.73 Å². The van der Waals surface area contributed by atoms with Crippen LogP contribution in [0.4, 0.5) is 0 Å². The average Bonchev–Trinajstić information content (AvgIpc) is 3.19. The molecule has 1 aliphatic rings. The molecule has 0 radical (unpaired) electrons. The second kappa shape index (κ2) is 7.82. The Labute approximate surface area is 157 Å². The van der Waals surface area contributed by atoms with Crippen molar-refractivity contribution in [1.82, 2.24) is 19.2 Å². The van der Waals surface area contributed by atoms with Crippen LogP contribution in [0, 0.1) is 5.41 Å². The first-order valence-electron chi connectivity index (χ1n) is 8.13. The fourth-order valence-corrected chi connectivity index (χ4v) is 3.92. The van der Waals surface area contributed by atoms with E-state index in [1.165, 1.54) is 29.0 Å². The number of rotatable bonds is 7. The number of imidazole rings is 1. The molecule has 27 heavy (non-hydrogen) atoms. The van der Waals surface area contributed by atoms with Crippen molar-refractivity contribution in [2.45, 2.75) is 37.0 Å². The van der Waals surface area contributed by atoms with Crippen LogP contribution in [-0.4, -0.2) is 76.4 Å². The zero-order chi connectivity index (χ0) is 19.7. The number of carboxylic acids is 1. The molecule has 12 nitrogen and oxygen atoms in total. The third-order valence-electron chi connectivity index (χ3n) is 4.33. The summed E-state index contributed by atoms with van der Waals surface area (Å²) in [6.07, 6.45) is -1.07. The summed E-state index contributed by atoms with van der Waals surface area (Å²) >= 11 is 1.38. The number of aliphatic hydroxyl groups is 2. The number of aliphatic hydroxyl groups excluding tert-OH is 2. The quantitative estimate of drug-likeness (QED) is 0.215. The van der Waals surface area contributed by atoms with Gasteiger partial charge in [-0.1, -0.05) is 0 Å². The number of nitrogen functional groups attached to an aromatic ring is 1. The number of aromatic nitrogens is 4. The van der Waals surface area contributed by atoms with Crippen LogP contribution in [-0.2, 0) is 9.53 Å². The van der Waals surface area contributed by atoms with Gasteiger partial charge in [0.05, 0.1) is 12.4 Å². The normalized spacial score (nSPS) is 26.5. The number of hydrogen-bond acceptors (Lipinski definition) is 10. The molecule has 1 saturated heterocycles. The predicted octanol–water partition coefficient (Wildman–Crippen LogP) is -2.42. The van der Waals surface area contributed by atoms with Gasteiger partial charge in [-0.2, -0.15) is 11.8 Å². The van der Waals surface area contributed by atoms with Gasteiger partial charge >= 0.3 is 5.97 Å². The molecular formula is C14H21N7O5S. The number of nitrogens with two attached hydrogens (primary N) is 2. The summed E-state index contributed by atoms with van der Waals surface area (Å²) in [5.41, 5.74) is 5.95. The van der Waals surface area contributed by atoms with Gasteiger partial charge in [0.2, 0.25) is 0 Å². The maximum absolute atomic E-state index is 10.7. The van der Waals surface area contributed by atoms with Gasteiger partial charge in [0, 0.05) is 5.75 Å². The van der Waals surface area contributed by atoms with E-state index in [0.29, 0.717) is 17.2 Å². The molecule has 3 heterocycles. The highest BCUT2D eigenvalue weighted by Gasteiger charge is 2.44. The van der Waals surface area contributed by atoms with Gasteiger partial charge in [-0.05, 0) is 12.2 Å². The molecule has 8 N–H and O–H groups in total. The SMILES string of the molecule is N=c1ncn(N)c2c1ncn2[C@@H]1O[C@H](CSCC[C@H](N)C(=O)O)[C@@H](O)[C@H]1O. The molecule has 0 saturated carbocycles. The first kappa shape index (κ1) is 19.6. The van der Waals surface area contributed by atoms with Crippen LogP contribution in [0.3, 0.4) is 0 Å². The number of nitrogens with one attached hydrogen (secondary N) is 1. The van der Waals surface area contributed by atoms with Crippen molar-refractivity contribution in [3.63, 3.8) is 0 Å². The molecule has 0 spiro atoms. The third-order valence-corrected chi connectivity index (χ3v) is 5.42. The second-order valence-electron chi connectivity index (χ2n) is 6.18. The van der Waals surface area contributed by atoms with E-state index in [4.69, 9.17) is 26.8 Å². The molecule has 0 aliphatic carbocycles. The van der Waals surface area contributed by atoms with E-state index >= 15 is 0 Å². The Balaban J connectivity index is 1.70. The standard InChI is InChI=1S/C14H21N7O5S/c15-6(14(24)25)1-2-27-3-7-9(22)10(23)13(26-7)20-4-18-8-11(16)19-5-21(17)12(8)20/h4-7,9-10,13,16,22-23H,1-3,15,17H2,(H,24,25)/t6-,7+,9+,10+,13+/m0/s1. The molecule has 1 aliphatic heterocycles. The molecule has 2 aromatic heterocycles. The summed E-state index contributed by atoms with van der Waals surface area (Å²) < 4.78 is 8.41. The molecule has 0 unspecified atom stereocenters. The number of aliphatic carboxylic acids is 1. The van der Waals surface area contributed by atoms with Crippen molar-refractivity contribution in [3.05, 3.63) is 18.1 Å². The van der Waals surface area contributed by atoms with Gasteiger partial charge in [-0.3, -0.25) is 14.8 Å². The van der Waals surface area contributed by atoms with Crippen LogP contribution < -0.4 is 17.1 Å².